The van der Waals surface area contributed by atoms with Gasteiger partial charge in [0.2, 0.25) is 0 Å². The summed E-state index contributed by atoms with van der Waals surface area (Å²) in [5, 5.41) is 8.69. The second-order valence-electron chi connectivity index (χ2n) is 4.26. The lowest BCUT2D eigenvalue weighted by atomic mass is 10.2. The molecule has 20 heavy (non-hydrogen) atoms. The fraction of sp³-hybridized carbons (Fsp3) is 0.188. The minimum Gasteiger partial charge on any atom is -0.493 e. The van der Waals surface area contributed by atoms with Crippen molar-refractivity contribution in [3.05, 3.63) is 59.4 Å². The van der Waals surface area contributed by atoms with Gasteiger partial charge in [-0.2, -0.15) is 5.26 Å². The summed E-state index contributed by atoms with van der Waals surface area (Å²) in [5.74, 6) is 0.738. The van der Waals surface area contributed by atoms with Crippen LogP contribution >= 0.6 is 0 Å². The van der Waals surface area contributed by atoms with Gasteiger partial charge >= 0.3 is 0 Å². The molecule has 1 aromatic carbocycles. The highest BCUT2D eigenvalue weighted by atomic mass is 16.5. The van der Waals surface area contributed by atoms with Crippen LogP contribution in [0.4, 0.5) is 0 Å². The summed E-state index contributed by atoms with van der Waals surface area (Å²) in [6.45, 7) is 0.520. The van der Waals surface area contributed by atoms with Crippen molar-refractivity contribution >= 4 is 6.29 Å². The number of benzene rings is 1. The average molecular weight is 266 g/mol. The number of rotatable bonds is 6. The number of nitrogens with zero attached hydrogens (tertiary/aromatic N) is 2. The Morgan fingerprint density at radius 3 is 2.60 bits per heavy atom. The van der Waals surface area contributed by atoms with Gasteiger partial charge in [-0.3, -0.25) is 4.98 Å². The van der Waals surface area contributed by atoms with Crippen LogP contribution < -0.4 is 4.74 Å². The Labute approximate surface area is 117 Å². The van der Waals surface area contributed by atoms with E-state index in [1.165, 1.54) is 0 Å². The first-order valence-corrected chi connectivity index (χ1v) is 6.32. The van der Waals surface area contributed by atoms with E-state index in [2.05, 4.69) is 11.1 Å². The molecule has 0 N–H and O–H groups in total. The molecule has 0 unspecified atom stereocenters. The van der Waals surface area contributed by atoms with E-state index >= 15 is 0 Å². The van der Waals surface area contributed by atoms with Crippen molar-refractivity contribution in [1.29, 1.82) is 5.26 Å². The lowest BCUT2D eigenvalue weighted by Gasteiger charge is -2.06. The Morgan fingerprint density at radius 1 is 1.20 bits per heavy atom. The molecule has 0 saturated carbocycles. The van der Waals surface area contributed by atoms with Crippen LogP contribution in [-0.4, -0.2) is 17.9 Å². The molecule has 1 heterocycles. The number of pyridine rings is 1. The molecule has 2 rings (SSSR count). The first-order chi connectivity index (χ1) is 9.81. The van der Waals surface area contributed by atoms with Crippen LogP contribution in [0.5, 0.6) is 5.75 Å². The van der Waals surface area contributed by atoms with Gasteiger partial charge in [-0.15, -0.1) is 0 Å². The Balaban J connectivity index is 1.82. The van der Waals surface area contributed by atoms with Gasteiger partial charge in [0.1, 0.15) is 12.0 Å². The van der Waals surface area contributed by atoms with E-state index in [1.807, 2.05) is 12.1 Å². The van der Waals surface area contributed by atoms with E-state index in [4.69, 9.17) is 10.00 Å². The Hall–Kier alpha value is -2.67. The molecule has 0 saturated heterocycles. The molecular formula is C16H14N2O2. The maximum Gasteiger partial charge on any atom is 0.124 e. The molecule has 0 aliphatic carbocycles. The number of carbonyl (C=O) groups excluding carboxylic acids is 1. The normalized spacial score (nSPS) is 9.75. The van der Waals surface area contributed by atoms with Crippen molar-refractivity contribution < 1.29 is 9.53 Å². The molecule has 1 aromatic heterocycles. The fourth-order valence-corrected chi connectivity index (χ4v) is 1.72. The number of aromatic nitrogens is 1. The van der Waals surface area contributed by atoms with Crippen LogP contribution in [0, 0.1) is 11.3 Å². The summed E-state index contributed by atoms with van der Waals surface area (Å²) in [4.78, 5) is 14.6. The molecule has 0 atom stereocenters. The van der Waals surface area contributed by atoms with Crippen molar-refractivity contribution in [3.63, 3.8) is 0 Å². The Kier molecular flexibility index (Phi) is 4.85. The molecule has 0 fully saturated rings. The molecular weight excluding hydrogens is 252 g/mol. The predicted molar refractivity (Wildman–Crippen MR) is 74.4 cm³/mol. The molecule has 0 bridgehead atoms. The molecule has 4 heteroatoms. The summed E-state index contributed by atoms with van der Waals surface area (Å²) >= 11 is 0. The van der Waals surface area contributed by atoms with Crippen molar-refractivity contribution in [1.82, 2.24) is 4.98 Å². The van der Waals surface area contributed by atoms with E-state index in [0.717, 1.165) is 23.3 Å². The first kappa shape index (κ1) is 13.8. The minimum absolute atomic E-state index is 0.398. The second kappa shape index (κ2) is 7.05. The zero-order valence-electron chi connectivity index (χ0n) is 11.0. The number of hydrogen-bond acceptors (Lipinski definition) is 4. The van der Waals surface area contributed by atoms with E-state index < -0.39 is 0 Å². The van der Waals surface area contributed by atoms with E-state index in [0.29, 0.717) is 25.0 Å². The molecule has 0 aliphatic heterocycles. The van der Waals surface area contributed by atoms with Crippen molar-refractivity contribution in [3.8, 4) is 11.8 Å². The maximum atomic E-state index is 10.4. The van der Waals surface area contributed by atoms with Crippen LogP contribution in [0.25, 0.3) is 0 Å². The first-order valence-electron chi connectivity index (χ1n) is 6.32. The third-order valence-corrected chi connectivity index (χ3v) is 2.82. The Morgan fingerprint density at radius 2 is 2.00 bits per heavy atom. The lowest BCUT2D eigenvalue weighted by molar-refractivity contribution is -0.107. The van der Waals surface area contributed by atoms with E-state index in [1.54, 1.807) is 30.5 Å². The summed E-state index contributed by atoms with van der Waals surface area (Å²) in [7, 11) is 0. The van der Waals surface area contributed by atoms with Crippen LogP contribution in [0.3, 0.4) is 0 Å². The predicted octanol–water partition coefficient (Wildman–Crippen LogP) is 2.32. The van der Waals surface area contributed by atoms with Crippen LogP contribution in [0.1, 0.15) is 16.8 Å². The minimum atomic E-state index is 0.398. The summed E-state index contributed by atoms with van der Waals surface area (Å²) in [6, 6.07) is 12.9. The van der Waals surface area contributed by atoms with Gasteiger partial charge in [-0.1, -0.05) is 6.07 Å². The Bertz CT molecular complexity index is 598. The smallest absolute Gasteiger partial charge is 0.124 e. The average Bonchev–Trinajstić information content (AvgIpc) is 2.50. The molecule has 100 valence electrons. The zero-order chi connectivity index (χ0) is 14.2. The SMILES string of the molecule is N#Cc1ccc(OCCc2ccc(CC=O)cn2)cc1. The second-order valence-corrected chi connectivity index (χ2v) is 4.26. The zero-order valence-corrected chi connectivity index (χ0v) is 11.0. The van der Waals surface area contributed by atoms with Gasteiger partial charge in [0, 0.05) is 24.7 Å². The molecule has 0 amide bonds. The number of hydrogen-bond donors (Lipinski definition) is 0. The highest BCUT2D eigenvalue weighted by Crippen LogP contribution is 2.12. The third-order valence-electron chi connectivity index (χ3n) is 2.82. The summed E-state index contributed by atoms with van der Waals surface area (Å²) in [5.41, 5.74) is 2.45. The largest absolute Gasteiger partial charge is 0.493 e. The molecule has 4 nitrogen and oxygen atoms in total. The van der Waals surface area contributed by atoms with Gasteiger partial charge < -0.3 is 9.53 Å². The molecule has 0 radical (unpaired) electrons. The van der Waals surface area contributed by atoms with Gasteiger partial charge in [-0.05, 0) is 35.9 Å². The summed E-state index contributed by atoms with van der Waals surface area (Å²) in [6.07, 6.45) is 3.67. The monoisotopic (exact) mass is 266 g/mol. The van der Waals surface area contributed by atoms with Gasteiger partial charge in [0.25, 0.3) is 0 Å². The standard InChI is InChI=1S/C16H14N2O2/c17-11-13-2-5-16(6-3-13)20-10-8-15-4-1-14(7-9-19)12-18-15/h1-6,9,12H,7-8,10H2. The summed E-state index contributed by atoms with van der Waals surface area (Å²) < 4.78 is 5.58. The molecule has 2 aromatic rings. The van der Waals surface area contributed by atoms with Crippen LogP contribution in [0.15, 0.2) is 42.6 Å². The van der Waals surface area contributed by atoms with E-state index in [-0.39, 0.29) is 0 Å². The molecule has 0 aliphatic rings. The van der Waals surface area contributed by atoms with Gasteiger partial charge in [0.05, 0.1) is 18.2 Å². The third kappa shape index (κ3) is 3.92. The quantitative estimate of drug-likeness (QED) is 0.753. The van der Waals surface area contributed by atoms with Crippen molar-refractivity contribution in [2.75, 3.05) is 6.61 Å². The van der Waals surface area contributed by atoms with Crippen molar-refractivity contribution in [2.24, 2.45) is 0 Å². The van der Waals surface area contributed by atoms with Crippen LogP contribution in [-0.2, 0) is 17.6 Å². The highest BCUT2D eigenvalue weighted by molar-refractivity contribution is 5.54. The lowest BCUT2D eigenvalue weighted by Crippen LogP contribution is -2.03. The fourth-order valence-electron chi connectivity index (χ4n) is 1.72. The van der Waals surface area contributed by atoms with Gasteiger partial charge in [0.15, 0.2) is 0 Å². The van der Waals surface area contributed by atoms with Gasteiger partial charge in [-0.25, -0.2) is 0 Å². The number of aldehydes is 1. The van der Waals surface area contributed by atoms with Crippen molar-refractivity contribution in [2.45, 2.75) is 12.8 Å². The topological polar surface area (TPSA) is 63.0 Å². The maximum absolute atomic E-state index is 10.4. The van der Waals surface area contributed by atoms with Crippen LogP contribution in [0.2, 0.25) is 0 Å². The molecule has 0 spiro atoms. The number of ether oxygens (including phenoxy) is 1. The number of carbonyl (C=O) groups is 1. The highest BCUT2D eigenvalue weighted by Gasteiger charge is 1.98. The van der Waals surface area contributed by atoms with E-state index in [9.17, 15) is 4.79 Å². The number of nitriles is 1.